The highest BCUT2D eigenvalue weighted by molar-refractivity contribution is 5.92. The summed E-state index contributed by atoms with van der Waals surface area (Å²) in [4.78, 5) is 26.2. The van der Waals surface area contributed by atoms with Crippen molar-refractivity contribution in [3.63, 3.8) is 0 Å². The largest absolute Gasteiger partial charge is 0.372 e. The number of hydrogen-bond acceptors (Lipinski definition) is 4. The number of halogens is 2. The quantitative estimate of drug-likeness (QED) is 0.878. The standard InChI is InChI=1S/C17H24F2N4O3/c1-11-7-22(8-12(2)26-11)15(24)10-23-9-14(6-20-23)21-16(25)13-3-4-17(18,19)5-13/h6,9,11-13H,3-5,7-8,10H2,1-2H3,(H,21,25). The van der Waals surface area contributed by atoms with E-state index < -0.39 is 24.2 Å². The second-order valence-corrected chi connectivity index (χ2v) is 7.27. The summed E-state index contributed by atoms with van der Waals surface area (Å²) < 4.78 is 33.5. The van der Waals surface area contributed by atoms with Crippen molar-refractivity contribution in [2.75, 3.05) is 18.4 Å². The van der Waals surface area contributed by atoms with Crippen LogP contribution in [0.5, 0.6) is 0 Å². The molecule has 2 heterocycles. The van der Waals surface area contributed by atoms with Gasteiger partial charge in [0, 0.05) is 38.0 Å². The summed E-state index contributed by atoms with van der Waals surface area (Å²) in [5, 5.41) is 6.68. The predicted molar refractivity (Wildman–Crippen MR) is 89.7 cm³/mol. The zero-order valence-corrected chi connectivity index (χ0v) is 15.0. The first-order chi connectivity index (χ1) is 12.2. The zero-order valence-electron chi connectivity index (χ0n) is 15.0. The van der Waals surface area contributed by atoms with Crippen LogP contribution in [-0.4, -0.2) is 57.7 Å². The number of amides is 2. The van der Waals surface area contributed by atoms with Crippen molar-refractivity contribution < 1.29 is 23.1 Å². The summed E-state index contributed by atoms with van der Waals surface area (Å²) in [5.41, 5.74) is 0.404. The molecule has 26 heavy (non-hydrogen) atoms. The third kappa shape index (κ3) is 4.57. The summed E-state index contributed by atoms with van der Waals surface area (Å²) in [5.74, 6) is -3.95. The highest BCUT2D eigenvalue weighted by Crippen LogP contribution is 2.39. The molecule has 1 saturated heterocycles. The molecule has 1 saturated carbocycles. The van der Waals surface area contributed by atoms with Gasteiger partial charge in [0.2, 0.25) is 17.7 Å². The summed E-state index contributed by atoms with van der Waals surface area (Å²) >= 11 is 0. The van der Waals surface area contributed by atoms with Crippen molar-refractivity contribution in [1.29, 1.82) is 0 Å². The Morgan fingerprint density at radius 3 is 2.65 bits per heavy atom. The molecular weight excluding hydrogens is 346 g/mol. The van der Waals surface area contributed by atoms with Crippen molar-refractivity contribution in [2.45, 2.75) is 57.8 Å². The van der Waals surface area contributed by atoms with Gasteiger partial charge in [-0.05, 0) is 20.3 Å². The first-order valence-corrected chi connectivity index (χ1v) is 8.86. The summed E-state index contributed by atoms with van der Waals surface area (Å²) in [6.07, 6.45) is 2.44. The van der Waals surface area contributed by atoms with E-state index in [1.165, 1.54) is 17.1 Å². The molecule has 3 unspecified atom stereocenters. The maximum atomic E-state index is 13.2. The molecule has 2 amide bonds. The van der Waals surface area contributed by atoms with Crippen LogP contribution in [-0.2, 0) is 20.9 Å². The fourth-order valence-electron chi connectivity index (χ4n) is 3.55. The van der Waals surface area contributed by atoms with Crippen LogP contribution in [0.15, 0.2) is 12.4 Å². The molecule has 144 valence electrons. The number of ether oxygens (including phenoxy) is 1. The Balaban J connectivity index is 1.53. The van der Waals surface area contributed by atoms with Crippen molar-refractivity contribution in [2.24, 2.45) is 5.92 Å². The van der Waals surface area contributed by atoms with Crippen LogP contribution in [0.25, 0.3) is 0 Å². The van der Waals surface area contributed by atoms with E-state index in [-0.39, 0.29) is 37.5 Å². The lowest BCUT2D eigenvalue weighted by Gasteiger charge is -2.35. The Morgan fingerprint density at radius 2 is 2.04 bits per heavy atom. The minimum atomic E-state index is -2.76. The molecule has 2 fully saturated rings. The maximum absolute atomic E-state index is 13.2. The van der Waals surface area contributed by atoms with Gasteiger partial charge in [-0.1, -0.05) is 0 Å². The number of anilines is 1. The third-order valence-electron chi connectivity index (χ3n) is 4.74. The average molecular weight is 370 g/mol. The lowest BCUT2D eigenvalue weighted by atomic mass is 10.1. The molecule has 7 nitrogen and oxygen atoms in total. The number of rotatable bonds is 4. The van der Waals surface area contributed by atoms with Crippen LogP contribution >= 0.6 is 0 Å². The lowest BCUT2D eigenvalue weighted by Crippen LogP contribution is -2.49. The van der Waals surface area contributed by atoms with Gasteiger partial charge in [-0.3, -0.25) is 14.3 Å². The SMILES string of the molecule is CC1CN(C(=O)Cn2cc(NC(=O)C3CCC(F)(F)C3)cn2)CC(C)O1. The number of hydrogen-bond donors (Lipinski definition) is 1. The van der Waals surface area contributed by atoms with Gasteiger partial charge in [-0.25, -0.2) is 8.78 Å². The van der Waals surface area contributed by atoms with Gasteiger partial charge in [0.1, 0.15) is 6.54 Å². The Bertz CT molecular complexity index is 669. The van der Waals surface area contributed by atoms with Crippen LogP contribution in [0.2, 0.25) is 0 Å². The molecule has 1 aromatic heterocycles. The van der Waals surface area contributed by atoms with Crippen molar-refractivity contribution in [3.8, 4) is 0 Å². The van der Waals surface area contributed by atoms with Crippen LogP contribution in [0.1, 0.15) is 33.1 Å². The van der Waals surface area contributed by atoms with E-state index in [0.29, 0.717) is 18.8 Å². The van der Waals surface area contributed by atoms with E-state index in [4.69, 9.17) is 4.74 Å². The third-order valence-corrected chi connectivity index (χ3v) is 4.74. The Hall–Kier alpha value is -2.03. The molecule has 3 rings (SSSR count). The van der Waals surface area contributed by atoms with Crippen LogP contribution in [0, 0.1) is 5.92 Å². The number of carbonyl (C=O) groups excluding carboxylic acids is 2. The minimum Gasteiger partial charge on any atom is -0.372 e. The molecule has 1 N–H and O–H groups in total. The van der Waals surface area contributed by atoms with Crippen molar-refractivity contribution in [3.05, 3.63) is 12.4 Å². The molecule has 1 aliphatic carbocycles. The summed E-state index contributed by atoms with van der Waals surface area (Å²) in [7, 11) is 0. The molecule has 0 bridgehead atoms. The zero-order chi connectivity index (χ0) is 18.9. The highest BCUT2D eigenvalue weighted by Gasteiger charge is 2.42. The van der Waals surface area contributed by atoms with Crippen LogP contribution in [0.4, 0.5) is 14.5 Å². The van der Waals surface area contributed by atoms with Gasteiger partial charge in [-0.2, -0.15) is 5.10 Å². The van der Waals surface area contributed by atoms with E-state index in [2.05, 4.69) is 10.4 Å². The van der Waals surface area contributed by atoms with E-state index in [1.54, 1.807) is 4.90 Å². The number of alkyl halides is 2. The molecule has 2 aliphatic rings. The molecule has 0 radical (unpaired) electrons. The number of morpholine rings is 1. The summed E-state index contributed by atoms with van der Waals surface area (Å²) in [6, 6.07) is 0. The maximum Gasteiger partial charge on any atom is 0.248 e. The molecule has 0 aromatic carbocycles. The first kappa shape index (κ1) is 18.8. The van der Waals surface area contributed by atoms with Gasteiger partial charge >= 0.3 is 0 Å². The smallest absolute Gasteiger partial charge is 0.248 e. The molecule has 1 aliphatic heterocycles. The number of nitrogens with zero attached hydrogens (tertiary/aromatic N) is 3. The topological polar surface area (TPSA) is 76.5 Å². The van der Waals surface area contributed by atoms with Crippen LogP contribution in [0.3, 0.4) is 0 Å². The van der Waals surface area contributed by atoms with Crippen molar-refractivity contribution in [1.82, 2.24) is 14.7 Å². The van der Waals surface area contributed by atoms with Crippen LogP contribution < -0.4 is 5.32 Å². The van der Waals surface area contributed by atoms with E-state index >= 15 is 0 Å². The number of aromatic nitrogens is 2. The monoisotopic (exact) mass is 370 g/mol. The Labute approximate surface area is 150 Å². The number of nitrogens with one attached hydrogen (secondary N) is 1. The van der Waals surface area contributed by atoms with Gasteiger partial charge < -0.3 is 15.0 Å². The number of carbonyl (C=O) groups is 2. The fraction of sp³-hybridized carbons (Fsp3) is 0.706. The minimum absolute atomic E-state index is 0.0142. The molecule has 3 atom stereocenters. The van der Waals surface area contributed by atoms with Gasteiger partial charge in [-0.15, -0.1) is 0 Å². The lowest BCUT2D eigenvalue weighted by molar-refractivity contribution is -0.144. The molecule has 1 aromatic rings. The predicted octanol–water partition coefficient (Wildman–Crippen LogP) is 1.89. The first-order valence-electron chi connectivity index (χ1n) is 8.86. The van der Waals surface area contributed by atoms with Gasteiger partial charge in [0.05, 0.1) is 24.1 Å². The Morgan fingerprint density at radius 1 is 1.35 bits per heavy atom. The van der Waals surface area contributed by atoms with E-state index in [9.17, 15) is 18.4 Å². The average Bonchev–Trinajstić information content (AvgIpc) is 3.12. The normalized spacial score (nSPS) is 28.2. The fourth-order valence-corrected chi connectivity index (χ4v) is 3.55. The second-order valence-electron chi connectivity index (χ2n) is 7.27. The molecule has 9 heteroatoms. The second kappa shape index (κ2) is 7.30. The van der Waals surface area contributed by atoms with E-state index in [0.717, 1.165) is 0 Å². The summed E-state index contributed by atoms with van der Waals surface area (Å²) in [6.45, 7) is 4.96. The molecular formula is C17H24F2N4O3. The van der Waals surface area contributed by atoms with Gasteiger partial charge in [0.25, 0.3) is 0 Å². The van der Waals surface area contributed by atoms with Gasteiger partial charge in [0.15, 0.2) is 0 Å². The highest BCUT2D eigenvalue weighted by atomic mass is 19.3. The van der Waals surface area contributed by atoms with Crippen molar-refractivity contribution >= 4 is 17.5 Å². The Kier molecular flexibility index (Phi) is 5.27. The van der Waals surface area contributed by atoms with E-state index in [1.807, 2.05) is 13.8 Å². The molecule has 0 spiro atoms.